The molecule has 0 saturated heterocycles. The van der Waals surface area contributed by atoms with E-state index in [1.165, 1.54) is 12.1 Å². The fourth-order valence-corrected chi connectivity index (χ4v) is 0.552. The maximum Gasteiger partial charge on any atom is 0.140 e. The van der Waals surface area contributed by atoms with Gasteiger partial charge in [0, 0.05) is 20.4 Å². The number of halogens is 1. The van der Waals surface area contributed by atoms with Gasteiger partial charge in [-0.2, -0.15) is 5.26 Å². The van der Waals surface area contributed by atoms with E-state index in [9.17, 15) is 4.39 Å². The third-order valence-electron chi connectivity index (χ3n) is 0.994. The topological polar surface area (TPSA) is 23.8 Å². The maximum atomic E-state index is 12.4. The van der Waals surface area contributed by atoms with Gasteiger partial charge in [-0.25, -0.2) is 4.39 Å². The van der Waals surface area contributed by atoms with Gasteiger partial charge in [-0.1, -0.05) is 12.1 Å². The number of rotatable bonds is 0. The molecule has 0 atom stereocenters. The Morgan fingerprint density at radius 2 is 1.90 bits per heavy atom. The van der Waals surface area contributed by atoms with Crippen LogP contribution in [0.2, 0.25) is 0 Å². The zero-order chi connectivity index (χ0) is 6.69. The first-order valence-electron chi connectivity index (χ1n) is 2.49. The Labute approximate surface area is 72.1 Å². The van der Waals surface area contributed by atoms with E-state index in [1.807, 2.05) is 0 Å². The van der Waals surface area contributed by atoms with Crippen molar-refractivity contribution in [2.75, 3.05) is 0 Å². The average molecular weight is 228 g/mol. The van der Waals surface area contributed by atoms with Gasteiger partial charge in [0.05, 0.1) is 5.56 Å². The molecule has 1 aromatic carbocycles. The Kier molecular flexibility index (Phi) is 3.88. The zero-order valence-corrected chi connectivity index (χ0v) is 6.51. The summed E-state index contributed by atoms with van der Waals surface area (Å²) in [6.07, 6.45) is 0. The number of hydrogen-bond donors (Lipinski definition) is 0. The van der Waals surface area contributed by atoms with Gasteiger partial charge in [0.25, 0.3) is 0 Å². The van der Waals surface area contributed by atoms with E-state index in [0.29, 0.717) is 0 Å². The van der Waals surface area contributed by atoms with E-state index >= 15 is 0 Å². The maximum absolute atomic E-state index is 12.4. The number of nitriles is 1. The van der Waals surface area contributed by atoms with Crippen molar-refractivity contribution >= 4 is 0 Å². The molecule has 0 aromatic heterocycles. The van der Waals surface area contributed by atoms with Crippen LogP contribution in [0.3, 0.4) is 0 Å². The third kappa shape index (κ3) is 1.92. The first kappa shape index (κ1) is 9.30. The Morgan fingerprint density at radius 3 is 2.30 bits per heavy atom. The van der Waals surface area contributed by atoms with Gasteiger partial charge >= 0.3 is 0 Å². The minimum atomic E-state index is -0.458. The quantitative estimate of drug-likeness (QED) is 0.619. The van der Waals surface area contributed by atoms with Crippen LogP contribution in [-0.2, 0) is 20.4 Å². The molecular formula is C7H4FNPd. The van der Waals surface area contributed by atoms with Crippen molar-refractivity contribution in [1.82, 2.24) is 0 Å². The molecule has 0 aliphatic rings. The molecule has 1 rings (SSSR count). The molecule has 1 aromatic rings. The van der Waals surface area contributed by atoms with Crippen molar-refractivity contribution in [2.45, 2.75) is 0 Å². The van der Waals surface area contributed by atoms with Crippen molar-refractivity contribution < 1.29 is 24.8 Å². The van der Waals surface area contributed by atoms with Crippen LogP contribution >= 0.6 is 0 Å². The van der Waals surface area contributed by atoms with Crippen LogP contribution in [0.4, 0.5) is 4.39 Å². The van der Waals surface area contributed by atoms with Gasteiger partial charge < -0.3 is 0 Å². The van der Waals surface area contributed by atoms with Crippen molar-refractivity contribution in [3.05, 3.63) is 35.6 Å². The van der Waals surface area contributed by atoms with Crippen LogP contribution in [0.5, 0.6) is 0 Å². The molecule has 0 unspecified atom stereocenters. The van der Waals surface area contributed by atoms with Gasteiger partial charge in [-0.05, 0) is 12.1 Å². The SMILES string of the molecule is N#Cc1ccccc1F.[Pd]. The van der Waals surface area contributed by atoms with Crippen LogP contribution in [0.1, 0.15) is 5.56 Å². The second-order valence-electron chi connectivity index (χ2n) is 1.59. The molecule has 0 spiro atoms. The van der Waals surface area contributed by atoms with Crippen LogP contribution in [-0.4, -0.2) is 0 Å². The standard InChI is InChI=1S/C7H4FN.Pd/c8-7-4-2-1-3-6(7)5-9;/h1-4H;. The summed E-state index contributed by atoms with van der Waals surface area (Å²) in [5.41, 5.74) is 0.0949. The predicted octanol–water partition coefficient (Wildman–Crippen LogP) is 1.69. The van der Waals surface area contributed by atoms with E-state index in [4.69, 9.17) is 5.26 Å². The van der Waals surface area contributed by atoms with E-state index in [1.54, 1.807) is 18.2 Å². The summed E-state index contributed by atoms with van der Waals surface area (Å²) in [6, 6.07) is 7.60. The number of benzene rings is 1. The van der Waals surface area contributed by atoms with Crippen LogP contribution < -0.4 is 0 Å². The Balaban J connectivity index is 0.000000810. The molecule has 0 fully saturated rings. The Morgan fingerprint density at radius 1 is 1.30 bits per heavy atom. The molecule has 54 valence electrons. The van der Waals surface area contributed by atoms with Crippen LogP contribution in [0, 0.1) is 17.1 Å². The molecule has 0 heterocycles. The van der Waals surface area contributed by atoms with Gasteiger partial charge in [0.2, 0.25) is 0 Å². The fraction of sp³-hybridized carbons (Fsp3) is 0. The molecule has 1 nitrogen and oxygen atoms in total. The van der Waals surface area contributed by atoms with E-state index < -0.39 is 5.82 Å². The number of nitrogens with zero attached hydrogens (tertiary/aromatic N) is 1. The minimum Gasteiger partial charge on any atom is -0.206 e. The first-order chi connectivity index (χ1) is 4.34. The molecule has 0 radical (unpaired) electrons. The van der Waals surface area contributed by atoms with Gasteiger partial charge in [0.15, 0.2) is 0 Å². The molecule has 0 N–H and O–H groups in total. The summed E-state index contributed by atoms with van der Waals surface area (Å²) in [4.78, 5) is 0. The molecule has 0 saturated carbocycles. The second kappa shape index (κ2) is 4.17. The van der Waals surface area contributed by atoms with E-state index in [-0.39, 0.29) is 26.0 Å². The smallest absolute Gasteiger partial charge is 0.140 e. The molecule has 0 aliphatic carbocycles. The second-order valence-corrected chi connectivity index (χ2v) is 1.59. The largest absolute Gasteiger partial charge is 0.206 e. The molecule has 0 aliphatic heterocycles. The fourth-order valence-electron chi connectivity index (χ4n) is 0.552. The summed E-state index contributed by atoms with van der Waals surface area (Å²) in [5, 5.41) is 8.23. The van der Waals surface area contributed by atoms with E-state index in [0.717, 1.165) is 0 Å². The Hall–Kier alpha value is -0.698. The predicted molar refractivity (Wildman–Crippen MR) is 31.1 cm³/mol. The van der Waals surface area contributed by atoms with Crippen molar-refractivity contribution in [3.63, 3.8) is 0 Å². The molecule has 0 amide bonds. The average Bonchev–Trinajstić information content (AvgIpc) is 1.89. The Bertz CT molecular complexity index is 254. The van der Waals surface area contributed by atoms with Crippen LogP contribution in [0.25, 0.3) is 0 Å². The first-order valence-corrected chi connectivity index (χ1v) is 2.49. The van der Waals surface area contributed by atoms with Gasteiger partial charge in [-0.3, -0.25) is 0 Å². The summed E-state index contributed by atoms with van der Waals surface area (Å²) >= 11 is 0. The summed E-state index contributed by atoms with van der Waals surface area (Å²) < 4.78 is 12.4. The van der Waals surface area contributed by atoms with E-state index in [2.05, 4.69) is 0 Å². The molecular weight excluding hydrogens is 224 g/mol. The monoisotopic (exact) mass is 227 g/mol. The van der Waals surface area contributed by atoms with Gasteiger partial charge in [0.1, 0.15) is 11.9 Å². The summed E-state index contributed by atoms with van der Waals surface area (Å²) in [5.74, 6) is -0.458. The number of hydrogen-bond acceptors (Lipinski definition) is 1. The molecule has 0 bridgehead atoms. The van der Waals surface area contributed by atoms with Crippen molar-refractivity contribution in [1.29, 1.82) is 5.26 Å². The van der Waals surface area contributed by atoms with Crippen molar-refractivity contribution in [2.24, 2.45) is 0 Å². The zero-order valence-electron chi connectivity index (χ0n) is 4.95. The molecule has 10 heavy (non-hydrogen) atoms. The summed E-state index contributed by atoms with van der Waals surface area (Å²) in [6.45, 7) is 0. The third-order valence-corrected chi connectivity index (χ3v) is 0.994. The van der Waals surface area contributed by atoms with Gasteiger partial charge in [-0.15, -0.1) is 0 Å². The van der Waals surface area contributed by atoms with Crippen LogP contribution in [0.15, 0.2) is 24.3 Å². The normalized spacial score (nSPS) is 7.60. The molecule has 3 heteroatoms. The van der Waals surface area contributed by atoms with Crippen molar-refractivity contribution in [3.8, 4) is 6.07 Å². The minimum absolute atomic E-state index is 0. The summed E-state index contributed by atoms with van der Waals surface area (Å²) in [7, 11) is 0.